The Morgan fingerprint density at radius 3 is 1.07 bits per heavy atom. The summed E-state index contributed by atoms with van der Waals surface area (Å²) in [4.78, 5) is 0. The Morgan fingerprint density at radius 2 is 0.821 bits per heavy atom. The SMILES string of the molecule is CCCCCCCCCCCCCCCCCCCCC(CO)[N+](C)(C)C.[Cl-]. The number of halogens is 1. The molecule has 0 saturated carbocycles. The van der Waals surface area contributed by atoms with E-state index in [0.29, 0.717) is 12.6 Å². The van der Waals surface area contributed by atoms with Gasteiger partial charge in [-0.1, -0.05) is 116 Å². The molecule has 0 fully saturated rings. The highest BCUT2D eigenvalue weighted by Gasteiger charge is 2.21. The Balaban J connectivity index is 0. The molecular formula is C25H54ClNO. The average molecular weight is 420 g/mol. The first-order valence-corrected chi connectivity index (χ1v) is 12.4. The fraction of sp³-hybridized carbons (Fsp3) is 1.00. The van der Waals surface area contributed by atoms with E-state index in [1.54, 1.807) is 0 Å². The van der Waals surface area contributed by atoms with Crippen molar-refractivity contribution in [2.45, 2.75) is 135 Å². The van der Waals surface area contributed by atoms with Crippen LogP contribution >= 0.6 is 0 Å². The molecule has 0 aliphatic heterocycles. The fourth-order valence-electron chi connectivity index (χ4n) is 4.01. The van der Waals surface area contributed by atoms with Crippen molar-refractivity contribution >= 4 is 0 Å². The summed E-state index contributed by atoms with van der Waals surface area (Å²) in [5, 5.41) is 9.49. The van der Waals surface area contributed by atoms with Gasteiger partial charge in [0.05, 0.1) is 27.7 Å². The fourth-order valence-corrected chi connectivity index (χ4v) is 4.01. The highest BCUT2D eigenvalue weighted by molar-refractivity contribution is 4.57. The van der Waals surface area contributed by atoms with Crippen molar-refractivity contribution in [1.29, 1.82) is 0 Å². The van der Waals surface area contributed by atoms with Crippen LogP contribution in [0.2, 0.25) is 0 Å². The van der Waals surface area contributed by atoms with Crippen LogP contribution < -0.4 is 12.4 Å². The second kappa shape index (κ2) is 21.9. The van der Waals surface area contributed by atoms with Crippen molar-refractivity contribution in [3.05, 3.63) is 0 Å². The van der Waals surface area contributed by atoms with E-state index < -0.39 is 0 Å². The highest BCUT2D eigenvalue weighted by Crippen LogP contribution is 2.16. The van der Waals surface area contributed by atoms with Crippen LogP contribution in [-0.2, 0) is 0 Å². The predicted molar refractivity (Wildman–Crippen MR) is 122 cm³/mol. The molecule has 0 aromatic carbocycles. The number of nitrogens with zero attached hydrogens (tertiary/aromatic N) is 1. The van der Waals surface area contributed by atoms with Gasteiger partial charge < -0.3 is 22.0 Å². The molecule has 0 aliphatic rings. The Labute approximate surface area is 184 Å². The normalized spacial score (nSPS) is 12.8. The molecule has 28 heavy (non-hydrogen) atoms. The summed E-state index contributed by atoms with van der Waals surface area (Å²) in [7, 11) is 6.57. The van der Waals surface area contributed by atoms with E-state index in [-0.39, 0.29) is 12.4 Å². The molecule has 0 amide bonds. The lowest BCUT2D eigenvalue weighted by molar-refractivity contribution is -0.897. The smallest absolute Gasteiger partial charge is 0.112 e. The molecule has 1 unspecified atom stereocenters. The number of hydrogen-bond acceptors (Lipinski definition) is 1. The minimum absolute atomic E-state index is 0. The summed E-state index contributed by atoms with van der Waals surface area (Å²) < 4.78 is 0.884. The second-order valence-electron chi connectivity index (χ2n) is 9.75. The molecular weight excluding hydrogens is 366 g/mol. The zero-order valence-corrected chi connectivity index (χ0v) is 20.7. The summed E-state index contributed by atoms with van der Waals surface area (Å²) in [5.41, 5.74) is 0. The van der Waals surface area contributed by atoms with Gasteiger partial charge in [0, 0.05) is 6.42 Å². The van der Waals surface area contributed by atoms with Crippen molar-refractivity contribution in [3.8, 4) is 0 Å². The van der Waals surface area contributed by atoms with Gasteiger partial charge in [-0.2, -0.15) is 0 Å². The minimum Gasteiger partial charge on any atom is -1.00 e. The third-order valence-corrected chi connectivity index (χ3v) is 6.20. The van der Waals surface area contributed by atoms with E-state index in [9.17, 15) is 5.11 Å². The number of aliphatic hydroxyl groups excluding tert-OH is 1. The maximum Gasteiger partial charge on any atom is 0.112 e. The van der Waals surface area contributed by atoms with Gasteiger partial charge >= 0.3 is 0 Å². The molecule has 0 heterocycles. The van der Waals surface area contributed by atoms with E-state index in [0.717, 1.165) is 4.48 Å². The van der Waals surface area contributed by atoms with Crippen LogP contribution in [0.1, 0.15) is 129 Å². The molecule has 0 saturated heterocycles. The first-order chi connectivity index (χ1) is 13.0. The molecule has 1 atom stereocenters. The minimum atomic E-state index is 0. The molecule has 2 nitrogen and oxygen atoms in total. The molecule has 0 radical (unpaired) electrons. The van der Waals surface area contributed by atoms with Crippen LogP contribution in [0.4, 0.5) is 0 Å². The van der Waals surface area contributed by atoms with E-state index >= 15 is 0 Å². The number of quaternary nitrogens is 1. The molecule has 0 aromatic heterocycles. The van der Waals surface area contributed by atoms with Gasteiger partial charge in [-0.3, -0.25) is 0 Å². The van der Waals surface area contributed by atoms with Crippen LogP contribution in [0.5, 0.6) is 0 Å². The van der Waals surface area contributed by atoms with Gasteiger partial charge in [-0.05, 0) is 6.42 Å². The Kier molecular flexibility index (Phi) is 23.8. The second-order valence-corrected chi connectivity index (χ2v) is 9.75. The van der Waals surface area contributed by atoms with Gasteiger partial charge in [-0.15, -0.1) is 0 Å². The van der Waals surface area contributed by atoms with Crippen LogP contribution in [0.15, 0.2) is 0 Å². The van der Waals surface area contributed by atoms with Crippen LogP contribution in [0.25, 0.3) is 0 Å². The number of unbranched alkanes of at least 4 members (excludes halogenated alkanes) is 17. The van der Waals surface area contributed by atoms with Gasteiger partial charge in [0.1, 0.15) is 6.04 Å². The number of aliphatic hydroxyl groups is 1. The monoisotopic (exact) mass is 419 g/mol. The Morgan fingerprint density at radius 1 is 0.536 bits per heavy atom. The average Bonchev–Trinajstić information content (AvgIpc) is 2.62. The van der Waals surface area contributed by atoms with Crippen LogP contribution in [-0.4, -0.2) is 43.4 Å². The molecule has 3 heteroatoms. The van der Waals surface area contributed by atoms with Crippen molar-refractivity contribution < 1.29 is 22.0 Å². The van der Waals surface area contributed by atoms with Crippen LogP contribution in [0, 0.1) is 0 Å². The molecule has 0 rings (SSSR count). The maximum absolute atomic E-state index is 9.49. The topological polar surface area (TPSA) is 20.2 Å². The third kappa shape index (κ3) is 20.9. The quantitative estimate of drug-likeness (QED) is 0.214. The lowest BCUT2D eigenvalue weighted by Gasteiger charge is -2.33. The molecule has 172 valence electrons. The van der Waals surface area contributed by atoms with Gasteiger partial charge in [0.15, 0.2) is 0 Å². The lowest BCUT2D eigenvalue weighted by atomic mass is 10.0. The largest absolute Gasteiger partial charge is 1.00 e. The van der Waals surface area contributed by atoms with E-state index in [2.05, 4.69) is 28.1 Å². The molecule has 0 bridgehead atoms. The van der Waals surface area contributed by atoms with Gasteiger partial charge in [-0.25, -0.2) is 0 Å². The van der Waals surface area contributed by atoms with Crippen molar-refractivity contribution in [2.24, 2.45) is 0 Å². The van der Waals surface area contributed by atoms with Crippen molar-refractivity contribution in [3.63, 3.8) is 0 Å². The van der Waals surface area contributed by atoms with E-state index in [1.165, 1.54) is 122 Å². The lowest BCUT2D eigenvalue weighted by Crippen LogP contribution is -3.00. The standard InChI is InChI=1S/C25H54NO.ClH/c1-5-6-7-8-9-10-11-12-13-14-15-16-17-18-19-20-21-22-23-25(24-27)26(2,3)4;/h25,27H,5-24H2,1-4H3;1H/q+1;/p-1. The van der Waals surface area contributed by atoms with E-state index in [4.69, 9.17) is 0 Å². The van der Waals surface area contributed by atoms with Crippen LogP contribution in [0.3, 0.4) is 0 Å². The van der Waals surface area contributed by atoms with E-state index in [1.807, 2.05) is 0 Å². The maximum atomic E-state index is 9.49. The predicted octanol–water partition coefficient (Wildman–Crippen LogP) is 4.49. The third-order valence-electron chi connectivity index (χ3n) is 6.20. The molecule has 1 N–H and O–H groups in total. The van der Waals surface area contributed by atoms with Gasteiger partial charge in [0.2, 0.25) is 0 Å². The highest BCUT2D eigenvalue weighted by atomic mass is 35.5. The summed E-state index contributed by atoms with van der Waals surface area (Å²) in [6, 6.07) is 0.408. The summed E-state index contributed by atoms with van der Waals surface area (Å²) in [6.07, 6.45) is 26.9. The summed E-state index contributed by atoms with van der Waals surface area (Å²) in [6.45, 7) is 2.62. The van der Waals surface area contributed by atoms with Gasteiger partial charge in [0.25, 0.3) is 0 Å². The zero-order chi connectivity index (χ0) is 20.2. The summed E-state index contributed by atoms with van der Waals surface area (Å²) in [5.74, 6) is 0. The number of hydrogen-bond donors (Lipinski definition) is 1. The molecule has 0 aliphatic carbocycles. The van der Waals surface area contributed by atoms with Crippen molar-refractivity contribution in [1.82, 2.24) is 0 Å². The number of rotatable bonds is 21. The number of likely N-dealkylation sites (N-methyl/N-ethyl adjacent to an activating group) is 1. The van der Waals surface area contributed by atoms with Crippen molar-refractivity contribution in [2.75, 3.05) is 27.7 Å². The summed E-state index contributed by atoms with van der Waals surface area (Å²) >= 11 is 0. The first kappa shape index (κ1) is 30.4. The molecule has 0 spiro atoms. The zero-order valence-electron chi connectivity index (χ0n) is 20.0. The molecule has 0 aromatic rings. The Hall–Kier alpha value is 0.210. The first-order valence-electron chi connectivity index (χ1n) is 12.4. The Bertz CT molecular complexity index is 291.